The summed E-state index contributed by atoms with van der Waals surface area (Å²) in [5, 5.41) is 9.78. The molecule has 0 spiro atoms. The van der Waals surface area contributed by atoms with Crippen LogP contribution in [0.1, 0.15) is 15.9 Å². The van der Waals surface area contributed by atoms with Crippen LogP contribution in [0.5, 0.6) is 11.5 Å². The van der Waals surface area contributed by atoms with Gasteiger partial charge in [0, 0.05) is 5.02 Å². The predicted octanol–water partition coefficient (Wildman–Crippen LogP) is 3.63. The van der Waals surface area contributed by atoms with Crippen LogP contribution < -0.4 is 9.47 Å². The molecule has 0 aliphatic rings. The normalized spacial score (nSPS) is 10.1. The minimum absolute atomic E-state index is 0.0615. The number of methoxy groups -OCH3 is 1. The van der Waals surface area contributed by atoms with Crippen molar-refractivity contribution < 1.29 is 19.4 Å². The molecule has 0 amide bonds. The van der Waals surface area contributed by atoms with Gasteiger partial charge in [-0.25, -0.2) is 4.79 Å². The molecule has 2 aromatic carbocycles. The first-order chi connectivity index (χ1) is 9.60. The van der Waals surface area contributed by atoms with Crippen molar-refractivity contribution in [1.29, 1.82) is 0 Å². The lowest BCUT2D eigenvalue weighted by Crippen LogP contribution is -2.04. The molecule has 0 heterocycles. The van der Waals surface area contributed by atoms with E-state index in [1.165, 1.54) is 13.2 Å². The number of carboxylic acid groups (broad SMARTS) is 1. The average molecular weight is 293 g/mol. The van der Waals surface area contributed by atoms with Crippen molar-refractivity contribution in [2.75, 3.05) is 7.11 Å². The molecule has 104 valence electrons. The molecule has 0 unspecified atom stereocenters. The van der Waals surface area contributed by atoms with Gasteiger partial charge in [-0.15, -0.1) is 0 Å². The summed E-state index contributed by atoms with van der Waals surface area (Å²) >= 11 is 5.88. The third-order valence-corrected chi connectivity index (χ3v) is 2.94. The Labute approximate surface area is 121 Å². The minimum atomic E-state index is -1.06. The Morgan fingerprint density at radius 3 is 2.70 bits per heavy atom. The number of halogens is 1. The molecule has 2 aromatic rings. The minimum Gasteiger partial charge on any atom is -0.497 e. The quantitative estimate of drug-likeness (QED) is 0.914. The summed E-state index contributed by atoms with van der Waals surface area (Å²) in [6.45, 7) is 0.243. The molecule has 0 fully saturated rings. The first-order valence-electron chi connectivity index (χ1n) is 5.88. The summed E-state index contributed by atoms with van der Waals surface area (Å²) in [6, 6.07) is 11.9. The van der Waals surface area contributed by atoms with E-state index in [2.05, 4.69) is 0 Å². The van der Waals surface area contributed by atoms with Crippen LogP contribution in [0, 0.1) is 0 Å². The van der Waals surface area contributed by atoms with Crippen molar-refractivity contribution in [3.63, 3.8) is 0 Å². The molecule has 0 aliphatic heterocycles. The molecule has 0 saturated carbocycles. The monoisotopic (exact) mass is 292 g/mol. The maximum Gasteiger partial charge on any atom is 0.339 e. The van der Waals surface area contributed by atoms with Crippen molar-refractivity contribution >= 4 is 17.6 Å². The van der Waals surface area contributed by atoms with Gasteiger partial charge in [0.1, 0.15) is 23.7 Å². The average Bonchev–Trinajstić information content (AvgIpc) is 2.45. The van der Waals surface area contributed by atoms with Crippen LogP contribution in [-0.4, -0.2) is 18.2 Å². The number of ether oxygens (including phenoxy) is 2. The van der Waals surface area contributed by atoms with E-state index < -0.39 is 5.97 Å². The van der Waals surface area contributed by atoms with E-state index in [1.54, 1.807) is 24.3 Å². The largest absolute Gasteiger partial charge is 0.497 e. The fourth-order valence-corrected chi connectivity index (χ4v) is 1.93. The Bertz CT molecular complexity index is 625. The van der Waals surface area contributed by atoms with Crippen LogP contribution in [0.25, 0.3) is 0 Å². The molecule has 20 heavy (non-hydrogen) atoms. The van der Waals surface area contributed by atoms with E-state index >= 15 is 0 Å². The molecule has 5 heteroatoms. The van der Waals surface area contributed by atoms with E-state index in [-0.39, 0.29) is 12.2 Å². The Morgan fingerprint density at radius 2 is 2.05 bits per heavy atom. The third kappa shape index (κ3) is 3.42. The lowest BCUT2D eigenvalue weighted by Gasteiger charge is -2.10. The van der Waals surface area contributed by atoms with Crippen molar-refractivity contribution in [2.45, 2.75) is 6.61 Å². The second-order valence-corrected chi connectivity index (χ2v) is 4.52. The first kappa shape index (κ1) is 14.2. The van der Waals surface area contributed by atoms with Crippen LogP contribution in [0.15, 0.2) is 42.5 Å². The maximum absolute atomic E-state index is 11.2. The smallest absolute Gasteiger partial charge is 0.339 e. The Morgan fingerprint density at radius 1 is 1.25 bits per heavy atom. The van der Waals surface area contributed by atoms with Crippen LogP contribution in [0.3, 0.4) is 0 Å². The number of carbonyl (C=O) groups is 1. The molecule has 0 radical (unpaired) electrons. The van der Waals surface area contributed by atoms with Gasteiger partial charge in [0.05, 0.1) is 7.11 Å². The fourth-order valence-electron chi connectivity index (χ4n) is 1.72. The molecule has 0 aliphatic carbocycles. The maximum atomic E-state index is 11.2. The van der Waals surface area contributed by atoms with E-state index in [9.17, 15) is 9.90 Å². The van der Waals surface area contributed by atoms with E-state index in [0.29, 0.717) is 16.5 Å². The summed E-state index contributed by atoms with van der Waals surface area (Å²) in [4.78, 5) is 11.2. The molecular weight excluding hydrogens is 280 g/mol. The highest BCUT2D eigenvalue weighted by Gasteiger charge is 2.13. The predicted molar refractivity (Wildman–Crippen MR) is 75.7 cm³/mol. The van der Waals surface area contributed by atoms with Gasteiger partial charge in [0.25, 0.3) is 0 Å². The highest BCUT2D eigenvalue weighted by Crippen LogP contribution is 2.25. The van der Waals surface area contributed by atoms with E-state index in [1.807, 2.05) is 12.1 Å². The highest BCUT2D eigenvalue weighted by atomic mass is 35.5. The van der Waals surface area contributed by atoms with Crippen LogP contribution >= 0.6 is 11.6 Å². The summed E-state index contributed by atoms with van der Waals surface area (Å²) < 4.78 is 10.5. The van der Waals surface area contributed by atoms with Crippen molar-refractivity contribution in [1.82, 2.24) is 0 Å². The SMILES string of the molecule is COc1ccc(OCc2cccc(Cl)c2)c(C(=O)O)c1. The molecule has 1 N–H and O–H groups in total. The van der Waals surface area contributed by atoms with Crippen molar-refractivity contribution in [3.8, 4) is 11.5 Å². The lowest BCUT2D eigenvalue weighted by molar-refractivity contribution is 0.0691. The number of hydrogen-bond acceptors (Lipinski definition) is 3. The number of hydrogen-bond donors (Lipinski definition) is 1. The number of benzene rings is 2. The molecule has 0 saturated heterocycles. The number of aromatic carboxylic acids is 1. The summed E-state index contributed by atoms with van der Waals surface area (Å²) in [7, 11) is 1.48. The van der Waals surface area contributed by atoms with E-state index in [0.717, 1.165) is 5.56 Å². The van der Waals surface area contributed by atoms with Gasteiger partial charge in [0.2, 0.25) is 0 Å². The Kier molecular flexibility index (Phi) is 4.48. The molecule has 0 bridgehead atoms. The van der Waals surface area contributed by atoms with Gasteiger partial charge in [-0.1, -0.05) is 23.7 Å². The van der Waals surface area contributed by atoms with Gasteiger partial charge >= 0.3 is 5.97 Å². The van der Waals surface area contributed by atoms with Crippen LogP contribution in [-0.2, 0) is 6.61 Å². The van der Waals surface area contributed by atoms with Crippen LogP contribution in [0.4, 0.5) is 0 Å². The van der Waals surface area contributed by atoms with Gasteiger partial charge in [-0.05, 0) is 35.9 Å². The second kappa shape index (κ2) is 6.30. The van der Waals surface area contributed by atoms with Crippen molar-refractivity contribution in [3.05, 3.63) is 58.6 Å². The van der Waals surface area contributed by atoms with Gasteiger partial charge < -0.3 is 14.6 Å². The molecule has 0 aromatic heterocycles. The summed E-state index contributed by atoms with van der Waals surface area (Å²) in [5.41, 5.74) is 0.927. The van der Waals surface area contributed by atoms with E-state index in [4.69, 9.17) is 21.1 Å². The number of carboxylic acids is 1. The highest BCUT2D eigenvalue weighted by molar-refractivity contribution is 6.30. The van der Waals surface area contributed by atoms with Gasteiger partial charge in [-0.2, -0.15) is 0 Å². The number of rotatable bonds is 5. The first-order valence-corrected chi connectivity index (χ1v) is 6.26. The van der Waals surface area contributed by atoms with Gasteiger partial charge in [-0.3, -0.25) is 0 Å². The topological polar surface area (TPSA) is 55.8 Å². The molecule has 2 rings (SSSR count). The summed E-state index contributed by atoms with van der Waals surface area (Å²) in [5.74, 6) is -0.305. The Balaban J connectivity index is 2.18. The molecular formula is C15H13ClO4. The fraction of sp³-hybridized carbons (Fsp3) is 0.133. The van der Waals surface area contributed by atoms with Crippen molar-refractivity contribution in [2.24, 2.45) is 0 Å². The molecule has 0 atom stereocenters. The zero-order valence-electron chi connectivity index (χ0n) is 10.8. The van der Waals surface area contributed by atoms with Crippen LogP contribution in [0.2, 0.25) is 5.02 Å². The Hall–Kier alpha value is -2.20. The summed E-state index contributed by atoms with van der Waals surface area (Å²) in [6.07, 6.45) is 0. The zero-order chi connectivity index (χ0) is 14.5. The van der Waals surface area contributed by atoms with Gasteiger partial charge in [0.15, 0.2) is 0 Å². The third-order valence-electron chi connectivity index (χ3n) is 2.70. The second-order valence-electron chi connectivity index (χ2n) is 4.09. The molecule has 4 nitrogen and oxygen atoms in total. The lowest BCUT2D eigenvalue weighted by atomic mass is 10.2. The zero-order valence-corrected chi connectivity index (χ0v) is 11.6. The standard InChI is InChI=1S/C15H13ClO4/c1-19-12-5-6-14(13(8-12)15(17)18)20-9-10-3-2-4-11(16)7-10/h2-8H,9H2,1H3,(H,17,18).